The molecular formula is C17H28N2O. The number of benzene rings is 1. The Balaban J connectivity index is 1.92. The van der Waals surface area contributed by atoms with E-state index in [-0.39, 0.29) is 6.10 Å². The van der Waals surface area contributed by atoms with E-state index in [0.29, 0.717) is 6.04 Å². The highest BCUT2D eigenvalue weighted by Gasteiger charge is 2.16. The average Bonchev–Trinajstić information content (AvgIpc) is 2.46. The van der Waals surface area contributed by atoms with Crippen molar-refractivity contribution in [2.24, 2.45) is 5.92 Å². The summed E-state index contributed by atoms with van der Waals surface area (Å²) >= 11 is 0. The molecule has 0 aliphatic carbocycles. The fourth-order valence-corrected chi connectivity index (χ4v) is 2.74. The quantitative estimate of drug-likeness (QED) is 0.837. The van der Waals surface area contributed by atoms with Crippen molar-refractivity contribution in [3.63, 3.8) is 0 Å². The van der Waals surface area contributed by atoms with Crippen molar-refractivity contribution in [3.8, 4) is 5.75 Å². The molecular weight excluding hydrogens is 248 g/mol. The van der Waals surface area contributed by atoms with Crippen molar-refractivity contribution < 1.29 is 4.74 Å². The third kappa shape index (κ3) is 4.50. The van der Waals surface area contributed by atoms with Gasteiger partial charge in [0.1, 0.15) is 5.75 Å². The number of hydrogen-bond donors (Lipinski definition) is 2. The van der Waals surface area contributed by atoms with Gasteiger partial charge in [0.05, 0.1) is 6.10 Å². The van der Waals surface area contributed by atoms with Gasteiger partial charge in [-0.3, -0.25) is 0 Å². The number of nitrogens with one attached hydrogen (secondary N) is 2. The molecule has 1 unspecified atom stereocenters. The predicted octanol–water partition coefficient (Wildman–Crippen LogP) is 3.12. The Morgan fingerprint density at radius 2 is 1.90 bits per heavy atom. The molecule has 1 aromatic rings. The molecule has 0 spiro atoms. The van der Waals surface area contributed by atoms with Crippen LogP contribution in [0.5, 0.6) is 5.75 Å². The summed E-state index contributed by atoms with van der Waals surface area (Å²) in [5, 5.41) is 7.09. The third-order valence-electron chi connectivity index (χ3n) is 3.92. The van der Waals surface area contributed by atoms with Gasteiger partial charge < -0.3 is 15.4 Å². The van der Waals surface area contributed by atoms with Gasteiger partial charge in [0.2, 0.25) is 0 Å². The van der Waals surface area contributed by atoms with E-state index in [1.165, 1.54) is 18.4 Å². The minimum atomic E-state index is 0.216. The lowest BCUT2D eigenvalue weighted by Crippen LogP contribution is -2.34. The van der Waals surface area contributed by atoms with Crippen LogP contribution in [0.2, 0.25) is 0 Å². The van der Waals surface area contributed by atoms with E-state index in [9.17, 15) is 0 Å². The summed E-state index contributed by atoms with van der Waals surface area (Å²) < 4.78 is 5.91. The van der Waals surface area contributed by atoms with Gasteiger partial charge in [0, 0.05) is 11.6 Å². The molecule has 1 fully saturated rings. The van der Waals surface area contributed by atoms with Crippen LogP contribution >= 0.6 is 0 Å². The molecule has 0 bridgehead atoms. The van der Waals surface area contributed by atoms with Crippen LogP contribution in [0.4, 0.5) is 0 Å². The first kappa shape index (κ1) is 15.3. The lowest BCUT2D eigenvalue weighted by Gasteiger charge is -2.26. The smallest absolute Gasteiger partial charge is 0.124 e. The van der Waals surface area contributed by atoms with Gasteiger partial charge in [0.25, 0.3) is 0 Å². The molecule has 1 atom stereocenters. The van der Waals surface area contributed by atoms with Crippen molar-refractivity contribution in [1.29, 1.82) is 0 Å². The zero-order chi connectivity index (χ0) is 14.4. The summed E-state index contributed by atoms with van der Waals surface area (Å²) in [6.45, 7) is 9.79. The molecule has 0 radical (unpaired) electrons. The second kappa shape index (κ2) is 7.65. The lowest BCUT2D eigenvalue weighted by molar-refractivity contribution is 0.237. The van der Waals surface area contributed by atoms with Gasteiger partial charge in [-0.15, -0.1) is 0 Å². The Hall–Kier alpha value is -1.06. The van der Waals surface area contributed by atoms with Gasteiger partial charge >= 0.3 is 0 Å². The first-order chi connectivity index (χ1) is 9.66. The molecule has 0 aromatic heterocycles. The Morgan fingerprint density at radius 3 is 2.60 bits per heavy atom. The standard InChI is InChI=1S/C17H28N2O/c1-13(2)20-17-7-5-4-6-16(17)14(3)19-12-15-8-10-18-11-9-15/h4-7,13-15,18-19H,8-12H2,1-3H3. The predicted molar refractivity (Wildman–Crippen MR) is 84.2 cm³/mol. The molecule has 3 nitrogen and oxygen atoms in total. The van der Waals surface area contributed by atoms with Crippen molar-refractivity contribution in [3.05, 3.63) is 29.8 Å². The van der Waals surface area contributed by atoms with Gasteiger partial charge in [0.15, 0.2) is 0 Å². The van der Waals surface area contributed by atoms with Crippen molar-refractivity contribution >= 4 is 0 Å². The van der Waals surface area contributed by atoms with E-state index in [2.05, 4.69) is 49.6 Å². The highest BCUT2D eigenvalue weighted by molar-refractivity contribution is 5.35. The summed E-state index contributed by atoms with van der Waals surface area (Å²) in [5.41, 5.74) is 1.26. The second-order valence-electron chi connectivity index (χ2n) is 6.03. The van der Waals surface area contributed by atoms with Crippen LogP contribution < -0.4 is 15.4 Å². The highest BCUT2D eigenvalue weighted by Crippen LogP contribution is 2.26. The molecule has 1 saturated heterocycles. The summed E-state index contributed by atoms with van der Waals surface area (Å²) in [6.07, 6.45) is 2.78. The van der Waals surface area contributed by atoms with Crippen LogP contribution in [0.3, 0.4) is 0 Å². The topological polar surface area (TPSA) is 33.3 Å². The minimum Gasteiger partial charge on any atom is -0.491 e. The molecule has 2 N–H and O–H groups in total. The molecule has 1 aliphatic heterocycles. The maximum absolute atomic E-state index is 5.91. The molecule has 1 aliphatic rings. The minimum absolute atomic E-state index is 0.216. The molecule has 112 valence electrons. The zero-order valence-electron chi connectivity index (χ0n) is 13.0. The molecule has 3 heteroatoms. The van der Waals surface area contributed by atoms with E-state index in [4.69, 9.17) is 4.74 Å². The highest BCUT2D eigenvalue weighted by atomic mass is 16.5. The fourth-order valence-electron chi connectivity index (χ4n) is 2.74. The van der Waals surface area contributed by atoms with Gasteiger partial charge in [-0.1, -0.05) is 18.2 Å². The second-order valence-corrected chi connectivity index (χ2v) is 6.03. The SMILES string of the molecule is CC(C)Oc1ccccc1C(C)NCC1CCNCC1. The first-order valence-electron chi connectivity index (χ1n) is 7.86. The largest absolute Gasteiger partial charge is 0.491 e. The first-order valence-corrected chi connectivity index (χ1v) is 7.86. The van der Waals surface area contributed by atoms with Crippen molar-refractivity contribution in [2.75, 3.05) is 19.6 Å². The molecule has 0 amide bonds. The molecule has 2 rings (SSSR count). The van der Waals surface area contributed by atoms with Crippen molar-refractivity contribution in [1.82, 2.24) is 10.6 Å². The van der Waals surface area contributed by atoms with Gasteiger partial charge in [-0.2, -0.15) is 0 Å². The van der Waals surface area contributed by atoms with E-state index < -0.39 is 0 Å². The number of piperidine rings is 1. The summed E-state index contributed by atoms with van der Waals surface area (Å²) in [6, 6.07) is 8.70. The maximum atomic E-state index is 5.91. The average molecular weight is 276 g/mol. The summed E-state index contributed by atoms with van der Waals surface area (Å²) in [4.78, 5) is 0. The Morgan fingerprint density at radius 1 is 1.20 bits per heavy atom. The van der Waals surface area contributed by atoms with Crippen LogP contribution in [0.15, 0.2) is 24.3 Å². The summed E-state index contributed by atoms with van der Waals surface area (Å²) in [7, 11) is 0. The van der Waals surface area contributed by atoms with E-state index in [1.54, 1.807) is 0 Å². The number of rotatable bonds is 6. The Labute approximate surface area is 123 Å². The van der Waals surface area contributed by atoms with E-state index >= 15 is 0 Å². The third-order valence-corrected chi connectivity index (χ3v) is 3.92. The normalized spacial score (nSPS) is 18.2. The van der Waals surface area contributed by atoms with E-state index in [0.717, 1.165) is 31.3 Å². The van der Waals surface area contributed by atoms with Crippen molar-refractivity contribution in [2.45, 2.75) is 45.8 Å². The van der Waals surface area contributed by atoms with Crippen LogP contribution in [0.25, 0.3) is 0 Å². The number of hydrogen-bond acceptors (Lipinski definition) is 3. The zero-order valence-corrected chi connectivity index (χ0v) is 13.0. The summed E-state index contributed by atoms with van der Waals surface area (Å²) in [5.74, 6) is 1.81. The Bertz CT molecular complexity index is 400. The lowest BCUT2D eigenvalue weighted by atomic mass is 9.97. The fraction of sp³-hybridized carbons (Fsp3) is 0.647. The maximum Gasteiger partial charge on any atom is 0.124 e. The van der Waals surface area contributed by atoms with E-state index in [1.807, 2.05) is 6.07 Å². The number of ether oxygens (including phenoxy) is 1. The Kier molecular flexibility index (Phi) is 5.86. The van der Waals surface area contributed by atoms with Crippen LogP contribution in [0.1, 0.15) is 45.2 Å². The molecule has 20 heavy (non-hydrogen) atoms. The van der Waals surface area contributed by atoms with Gasteiger partial charge in [-0.05, 0) is 65.2 Å². The number of para-hydroxylation sites is 1. The van der Waals surface area contributed by atoms with Crippen LogP contribution in [-0.2, 0) is 0 Å². The molecule has 0 saturated carbocycles. The monoisotopic (exact) mass is 276 g/mol. The molecule has 1 heterocycles. The van der Waals surface area contributed by atoms with Crippen LogP contribution in [0, 0.1) is 5.92 Å². The molecule has 1 aromatic carbocycles. The van der Waals surface area contributed by atoms with Crippen LogP contribution in [-0.4, -0.2) is 25.7 Å². The van der Waals surface area contributed by atoms with Gasteiger partial charge in [-0.25, -0.2) is 0 Å².